The Kier molecular flexibility index (Phi) is 3.32. The number of hydrogen-bond donors (Lipinski definition) is 1. The van der Waals surface area contributed by atoms with Crippen molar-refractivity contribution in [1.82, 2.24) is 0 Å². The van der Waals surface area contributed by atoms with Crippen molar-refractivity contribution in [3.63, 3.8) is 0 Å². The first-order valence-electron chi connectivity index (χ1n) is 6.10. The van der Waals surface area contributed by atoms with Gasteiger partial charge in [-0.2, -0.15) is 0 Å². The van der Waals surface area contributed by atoms with E-state index in [-0.39, 0.29) is 18.1 Å². The zero-order valence-corrected chi connectivity index (χ0v) is 12.1. The Morgan fingerprint density at radius 1 is 1.15 bits per heavy atom. The van der Waals surface area contributed by atoms with E-state index in [4.69, 9.17) is 4.74 Å². The van der Waals surface area contributed by atoms with Crippen LogP contribution in [0.4, 0.5) is 0 Å². The summed E-state index contributed by atoms with van der Waals surface area (Å²) in [5.41, 5.74) is 2.03. The lowest BCUT2D eigenvalue weighted by Crippen LogP contribution is -2.18. The summed E-state index contributed by atoms with van der Waals surface area (Å²) in [5, 5.41) is 9.39. The Bertz CT molecular complexity index is 702. The highest BCUT2D eigenvalue weighted by Crippen LogP contribution is 2.31. The molecule has 0 atom stereocenters. The summed E-state index contributed by atoms with van der Waals surface area (Å²) in [7, 11) is 0. The lowest BCUT2D eigenvalue weighted by Gasteiger charge is -2.18. The quantitative estimate of drug-likeness (QED) is 0.808. The van der Waals surface area contributed by atoms with E-state index in [2.05, 4.69) is 15.9 Å². The third-order valence-corrected chi connectivity index (χ3v) is 3.62. The molecule has 0 fully saturated rings. The number of rotatable bonds is 1. The summed E-state index contributed by atoms with van der Waals surface area (Å²) in [5.74, 6) is 0.467. The van der Waals surface area contributed by atoms with Crippen molar-refractivity contribution in [1.29, 1.82) is 0 Å². The second kappa shape index (κ2) is 5.13. The van der Waals surface area contributed by atoms with Crippen LogP contribution in [0.3, 0.4) is 0 Å². The molecular weight excluding hydrogens is 320 g/mol. The Balaban J connectivity index is 1.95. The lowest BCUT2D eigenvalue weighted by atomic mass is 9.98. The van der Waals surface area contributed by atoms with Gasteiger partial charge in [-0.1, -0.05) is 28.1 Å². The van der Waals surface area contributed by atoms with Gasteiger partial charge in [0, 0.05) is 16.1 Å². The highest BCUT2D eigenvalue weighted by Gasteiger charge is 2.23. The topological polar surface area (TPSA) is 46.5 Å². The highest BCUT2D eigenvalue weighted by atomic mass is 79.9. The molecule has 3 rings (SSSR count). The van der Waals surface area contributed by atoms with Crippen molar-refractivity contribution in [2.75, 3.05) is 6.61 Å². The average molecular weight is 331 g/mol. The zero-order valence-electron chi connectivity index (χ0n) is 10.5. The van der Waals surface area contributed by atoms with Gasteiger partial charge in [0.1, 0.15) is 18.1 Å². The Hall–Kier alpha value is -2.07. The molecule has 0 aromatic heterocycles. The SMILES string of the molecule is O=C1/C(=C/c2ccc(Br)cc2)COc2cc(O)ccc21. The molecule has 0 aliphatic carbocycles. The molecule has 100 valence electrons. The fourth-order valence-electron chi connectivity index (χ4n) is 2.08. The fraction of sp³-hybridized carbons (Fsp3) is 0.0625. The van der Waals surface area contributed by atoms with E-state index in [9.17, 15) is 9.90 Å². The number of fused-ring (bicyclic) bond motifs is 1. The first-order valence-corrected chi connectivity index (χ1v) is 6.89. The van der Waals surface area contributed by atoms with Gasteiger partial charge in [0.05, 0.1) is 5.56 Å². The van der Waals surface area contributed by atoms with Gasteiger partial charge in [-0.15, -0.1) is 0 Å². The van der Waals surface area contributed by atoms with Crippen molar-refractivity contribution >= 4 is 27.8 Å². The number of carbonyl (C=O) groups is 1. The summed E-state index contributed by atoms with van der Waals surface area (Å²) in [6, 6.07) is 12.2. The molecule has 0 saturated carbocycles. The normalized spacial score (nSPS) is 15.8. The van der Waals surface area contributed by atoms with Gasteiger partial charge in [-0.25, -0.2) is 0 Å². The van der Waals surface area contributed by atoms with Crippen LogP contribution >= 0.6 is 15.9 Å². The van der Waals surface area contributed by atoms with Crippen LogP contribution in [0.25, 0.3) is 6.08 Å². The number of ether oxygens (including phenoxy) is 1. The molecule has 3 nitrogen and oxygen atoms in total. The molecule has 1 heterocycles. The summed E-state index contributed by atoms with van der Waals surface area (Å²) < 4.78 is 6.52. The standard InChI is InChI=1S/C16H11BrO3/c17-12-3-1-10(2-4-12)7-11-9-20-15-8-13(18)5-6-14(15)16(11)19/h1-8,18H,9H2/b11-7+. The number of aromatic hydroxyl groups is 1. The average Bonchev–Trinajstić information content (AvgIpc) is 2.44. The Morgan fingerprint density at radius 3 is 2.65 bits per heavy atom. The maximum absolute atomic E-state index is 12.4. The first-order chi connectivity index (χ1) is 9.63. The summed E-state index contributed by atoms with van der Waals surface area (Å²) in [6.45, 7) is 0.214. The molecule has 2 aromatic rings. The minimum absolute atomic E-state index is 0.0610. The number of ketones is 1. The second-order valence-electron chi connectivity index (χ2n) is 4.52. The molecule has 1 N–H and O–H groups in total. The van der Waals surface area contributed by atoms with E-state index in [0.717, 1.165) is 10.0 Å². The number of hydrogen-bond acceptors (Lipinski definition) is 3. The van der Waals surface area contributed by atoms with E-state index < -0.39 is 0 Å². The Morgan fingerprint density at radius 2 is 1.90 bits per heavy atom. The van der Waals surface area contributed by atoms with E-state index >= 15 is 0 Å². The van der Waals surface area contributed by atoms with Crippen molar-refractivity contribution in [2.24, 2.45) is 0 Å². The molecule has 0 radical (unpaired) electrons. The van der Waals surface area contributed by atoms with Gasteiger partial charge < -0.3 is 9.84 Å². The van der Waals surface area contributed by atoms with Crippen LogP contribution in [-0.4, -0.2) is 17.5 Å². The van der Waals surface area contributed by atoms with E-state index in [1.807, 2.05) is 30.3 Å². The molecule has 4 heteroatoms. The molecule has 0 unspecified atom stereocenters. The number of halogens is 1. The minimum atomic E-state index is -0.0610. The number of phenols is 1. The molecule has 2 aromatic carbocycles. The van der Waals surface area contributed by atoms with Crippen LogP contribution in [0.2, 0.25) is 0 Å². The molecule has 1 aliphatic heterocycles. The number of carbonyl (C=O) groups excluding carboxylic acids is 1. The number of Topliss-reactive ketones (excluding diaryl/α,β-unsaturated/α-hetero) is 1. The zero-order chi connectivity index (χ0) is 14.1. The van der Waals surface area contributed by atoms with Crippen LogP contribution in [-0.2, 0) is 0 Å². The minimum Gasteiger partial charge on any atom is -0.508 e. The smallest absolute Gasteiger partial charge is 0.196 e. The van der Waals surface area contributed by atoms with Crippen LogP contribution < -0.4 is 4.74 Å². The monoisotopic (exact) mass is 330 g/mol. The van der Waals surface area contributed by atoms with Gasteiger partial charge in [0.15, 0.2) is 5.78 Å². The van der Waals surface area contributed by atoms with Gasteiger partial charge in [0.2, 0.25) is 0 Å². The molecule has 0 amide bonds. The van der Waals surface area contributed by atoms with Crippen LogP contribution in [0.5, 0.6) is 11.5 Å². The molecule has 20 heavy (non-hydrogen) atoms. The van der Waals surface area contributed by atoms with Gasteiger partial charge in [-0.3, -0.25) is 4.79 Å². The summed E-state index contributed by atoms with van der Waals surface area (Å²) in [6.07, 6.45) is 1.82. The molecule has 0 bridgehead atoms. The largest absolute Gasteiger partial charge is 0.508 e. The first kappa shape index (κ1) is 12.9. The molecule has 0 saturated heterocycles. The van der Waals surface area contributed by atoms with Crippen molar-refractivity contribution in [3.05, 3.63) is 63.6 Å². The third-order valence-electron chi connectivity index (χ3n) is 3.10. The van der Waals surface area contributed by atoms with Gasteiger partial charge in [-0.05, 0) is 35.9 Å². The Labute approximate surface area is 124 Å². The van der Waals surface area contributed by atoms with Gasteiger partial charge >= 0.3 is 0 Å². The molecule has 1 aliphatic rings. The van der Waals surface area contributed by atoms with Crippen molar-refractivity contribution in [3.8, 4) is 11.5 Å². The predicted molar refractivity (Wildman–Crippen MR) is 80.1 cm³/mol. The predicted octanol–water partition coefficient (Wildman–Crippen LogP) is 3.81. The summed E-state index contributed by atoms with van der Waals surface area (Å²) in [4.78, 5) is 12.4. The van der Waals surface area contributed by atoms with Crippen LogP contribution in [0, 0.1) is 0 Å². The van der Waals surface area contributed by atoms with Gasteiger partial charge in [0.25, 0.3) is 0 Å². The van der Waals surface area contributed by atoms with E-state index in [1.54, 1.807) is 6.07 Å². The van der Waals surface area contributed by atoms with Crippen molar-refractivity contribution in [2.45, 2.75) is 0 Å². The maximum atomic E-state index is 12.4. The van der Waals surface area contributed by atoms with E-state index in [0.29, 0.717) is 16.9 Å². The second-order valence-corrected chi connectivity index (χ2v) is 5.44. The van der Waals surface area contributed by atoms with E-state index in [1.165, 1.54) is 12.1 Å². The molecule has 0 spiro atoms. The van der Waals surface area contributed by atoms with Crippen LogP contribution in [0.15, 0.2) is 52.5 Å². The highest BCUT2D eigenvalue weighted by molar-refractivity contribution is 9.10. The third kappa shape index (κ3) is 2.47. The molecular formula is C16H11BrO3. The number of phenolic OH excluding ortho intramolecular Hbond substituents is 1. The maximum Gasteiger partial charge on any atom is 0.196 e. The van der Waals surface area contributed by atoms with Crippen LogP contribution in [0.1, 0.15) is 15.9 Å². The fourth-order valence-corrected chi connectivity index (χ4v) is 2.34. The number of benzene rings is 2. The lowest BCUT2D eigenvalue weighted by molar-refractivity contribution is 0.100. The van der Waals surface area contributed by atoms with Crippen molar-refractivity contribution < 1.29 is 14.6 Å². The summed E-state index contributed by atoms with van der Waals surface area (Å²) >= 11 is 3.37.